The van der Waals surface area contributed by atoms with Crippen LogP contribution in [-0.4, -0.2) is 40.7 Å². The molecular formula is C11H16O4. The van der Waals surface area contributed by atoms with Gasteiger partial charge in [-0.15, -0.1) is 0 Å². The Balaban J connectivity index is 2.22. The average Bonchev–Trinajstić information content (AvgIpc) is 2.29. The van der Waals surface area contributed by atoms with Crippen LogP contribution in [0.2, 0.25) is 0 Å². The fraction of sp³-hybridized carbons (Fsp3) is 0.455. The summed E-state index contributed by atoms with van der Waals surface area (Å²) in [7, 11) is 0. The minimum Gasteiger partial charge on any atom is -0.394 e. The molecule has 1 aromatic rings. The van der Waals surface area contributed by atoms with E-state index >= 15 is 0 Å². The lowest BCUT2D eigenvalue weighted by atomic mass is 10.2. The lowest BCUT2D eigenvalue weighted by molar-refractivity contribution is -0.0600. The number of rotatable bonds is 6. The van der Waals surface area contributed by atoms with Gasteiger partial charge >= 0.3 is 0 Å². The van der Waals surface area contributed by atoms with Crippen molar-refractivity contribution in [3.05, 3.63) is 35.9 Å². The molecule has 0 heterocycles. The first-order valence-corrected chi connectivity index (χ1v) is 4.82. The molecule has 0 aromatic heterocycles. The highest BCUT2D eigenvalue weighted by Gasteiger charge is 2.14. The van der Waals surface area contributed by atoms with Crippen molar-refractivity contribution in [1.82, 2.24) is 0 Å². The summed E-state index contributed by atoms with van der Waals surface area (Å²) in [5, 5.41) is 26.9. The van der Waals surface area contributed by atoms with Gasteiger partial charge in [0.1, 0.15) is 12.2 Å². The minimum atomic E-state index is -1.14. The van der Waals surface area contributed by atoms with Gasteiger partial charge < -0.3 is 20.1 Å². The van der Waals surface area contributed by atoms with Gasteiger partial charge in [-0.05, 0) is 5.56 Å². The second-order valence-corrected chi connectivity index (χ2v) is 3.32. The maximum atomic E-state index is 9.26. The highest BCUT2D eigenvalue weighted by molar-refractivity contribution is 5.13. The van der Waals surface area contributed by atoms with E-state index in [0.29, 0.717) is 6.61 Å². The highest BCUT2D eigenvalue weighted by Crippen LogP contribution is 2.02. The van der Waals surface area contributed by atoms with Crippen LogP contribution in [0.4, 0.5) is 0 Å². The van der Waals surface area contributed by atoms with Crippen molar-refractivity contribution < 1.29 is 20.1 Å². The van der Waals surface area contributed by atoms with E-state index in [-0.39, 0.29) is 6.61 Å². The van der Waals surface area contributed by atoms with Crippen LogP contribution in [0, 0.1) is 0 Å². The Morgan fingerprint density at radius 3 is 2.33 bits per heavy atom. The monoisotopic (exact) mass is 212 g/mol. The molecule has 0 fully saturated rings. The first kappa shape index (κ1) is 12.1. The van der Waals surface area contributed by atoms with E-state index < -0.39 is 18.8 Å². The summed E-state index contributed by atoms with van der Waals surface area (Å²) >= 11 is 0. The second-order valence-electron chi connectivity index (χ2n) is 3.32. The molecule has 3 N–H and O–H groups in total. The summed E-state index contributed by atoms with van der Waals surface area (Å²) in [6.45, 7) is -0.0669. The number of hydrogen-bond donors (Lipinski definition) is 3. The van der Waals surface area contributed by atoms with E-state index in [2.05, 4.69) is 0 Å². The van der Waals surface area contributed by atoms with E-state index in [0.717, 1.165) is 5.56 Å². The molecular weight excluding hydrogens is 196 g/mol. The molecule has 1 rings (SSSR count). The van der Waals surface area contributed by atoms with Gasteiger partial charge in [-0.25, -0.2) is 0 Å². The smallest absolute Gasteiger partial charge is 0.105 e. The molecule has 0 aliphatic carbocycles. The molecule has 0 spiro atoms. The number of ether oxygens (including phenoxy) is 1. The number of aliphatic hydroxyl groups is 3. The molecule has 0 saturated heterocycles. The Morgan fingerprint density at radius 2 is 1.73 bits per heavy atom. The number of benzene rings is 1. The lowest BCUT2D eigenvalue weighted by Crippen LogP contribution is -2.33. The van der Waals surface area contributed by atoms with E-state index in [1.807, 2.05) is 30.3 Å². The predicted octanol–water partition coefficient (Wildman–Crippen LogP) is -0.0827. The third-order valence-electron chi connectivity index (χ3n) is 2.03. The molecule has 1 aromatic carbocycles. The van der Waals surface area contributed by atoms with E-state index in [1.165, 1.54) is 0 Å². The Hall–Kier alpha value is -0.940. The Kier molecular flexibility index (Phi) is 5.28. The van der Waals surface area contributed by atoms with Crippen molar-refractivity contribution in [3.8, 4) is 0 Å². The standard InChI is InChI=1S/C11H16O4/c12-6-10(13)11(14)8-15-7-9-4-2-1-3-5-9/h1-5,10-14H,6-8H2/t10-,11+/m0/s1. The Labute approximate surface area is 88.8 Å². The molecule has 0 aliphatic rings. The topological polar surface area (TPSA) is 69.9 Å². The van der Waals surface area contributed by atoms with Crippen LogP contribution in [0.3, 0.4) is 0 Å². The fourth-order valence-corrected chi connectivity index (χ4v) is 1.10. The van der Waals surface area contributed by atoms with Crippen molar-refractivity contribution in [3.63, 3.8) is 0 Å². The Morgan fingerprint density at radius 1 is 1.07 bits per heavy atom. The van der Waals surface area contributed by atoms with Gasteiger partial charge in [0.2, 0.25) is 0 Å². The van der Waals surface area contributed by atoms with Crippen molar-refractivity contribution in [2.75, 3.05) is 13.2 Å². The van der Waals surface area contributed by atoms with E-state index in [4.69, 9.17) is 14.9 Å². The van der Waals surface area contributed by atoms with Gasteiger partial charge in [0, 0.05) is 0 Å². The molecule has 15 heavy (non-hydrogen) atoms. The van der Waals surface area contributed by atoms with Crippen molar-refractivity contribution in [2.45, 2.75) is 18.8 Å². The first-order chi connectivity index (χ1) is 7.24. The van der Waals surface area contributed by atoms with Crippen LogP contribution in [0.25, 0.3) is 0 Å². The zero-order valence-electron chi connectivity index (χ0n) is 8.41. The SMILES string of the molecule is OC[C@H](O)[C@H](O)COCc1ccccc1. The van der Waals surface area contributed by atoms with Gasteiger partial charge in [-0.1, -0.05) is 30.3 Å². The van der Waals surface area contributed by atoms with Crippen LogP contribution in [-0.2, 0) is 11.3 Å². The molecule has 0 saturated carbocycles. The molecule has 4 nitrogen and oxygen atoms in total. The second kappa shape index (κ2) is 6.53. The fourth-order valence-electron chi connectivity index (χ4n) is 1.10. The average molecular weight is 212 g/mol. The predicted molar refractivity (Wildman–Crippen MR) is 55.2 cm³/mol. The molecule has 0 amide bonds. The third kappa shape index (κ3) is 4.40. The largest absolute Gasteiger partial charge is 0.394 e. The molecule has 4 heteroatoms. The quantitative estimate of drug-likeness (QED) is 0.616. The van der Waals surface area contributed by atoms with Crippen molar-refractivity contribution in [1.29, 1.82) is 0 Å². The van der Waals surface area contributed by atoms with Gasteiger partial charge in [0.05, 0.1) is 19.8 Å². The maximum absolute atomic E-state index is 9.26. The summed E-state index contributed by atoms with van der Waals surface area (Å²) in [6, 6.07) is 9.53. The van der Waals surface area contributed by atoms with E-state index in [1.54, 1.807) is 0 Å². The zero-order valence-corrected chi connectivity index (χ0v) is 8.41. The third-order valence-corrected chi connectivity index (χ3v) is 2.03. The van der Waals surface area contributed by atoms with E-state index in [9.17, 15) is 5.11 Å². The summed E-state index contributed by atoms with van der Waals surface area (Å²) in [5.41, 5.74) is 1.00. The molecule has 2 atom stereocenters. The Bertz CT molecular complexity index is 263. The lowest BCUT2D eigenvalue weighted by Gasteiger charge is -2.15. The van der Waals surface area contributed by atoms with Gasteiger partial charge in [-0.3, -0.25) is 0 Å². The summed E-state index contributed by atoms with van der Waals surface area (Å²) in [5.74, 6) is 0. The summed E-state index contributed by atoms with van der Waals surface area (Å²) < 4.78 is 5.18. The normalized spacial score (nSPS) is 14.9. The molecule has 0 unspecified atom stereocenters. The number of hydrogen-bond acceptors (Lipinski definition) is 4. The first-order valence-electron chi connectivity index (χ1n) is 4.82. The van der Waals surface area contributed by atoms with Crippen LogP contribution >= 0.6 is 0 Å². The minimum absolute atomic E-state index is 0.0105. The molecule has 0 aliphatic heterocycles. The summed E-state index contributed by atoms with van der Waals surface area (Å²) in [6.07, 6.45) is -2.18. The van der Waals surface area contributed by atoms with Crippen LogP contribution < -0.4 is 0 Å². The van der Waals surface area contributed by atoms with Crippen LogP contribution in [0.1, 0.15) is 5.56 Å². The molecule has 84 valence electrons. The van der Waals surface area contributed by atoms with Crippen molar-refractivity contribution >= 4 is 0 Å². The van der Waals surface area contributed by atoms with Gasteiger partial charge in [0.25, 0.3) is 0 Å². The zero-order chi connectivity index (χ0) is 11.1. The van der Waals surface area contributed by atoms with Gasteiger partial charge in [0.15, 0.2) is 0 Å². The van der Waals surface area contributed by atoms with Crippen LogP contribution in [0.15, 0.2) is 30.3 Å². The van der Waals surface area contributed by atoms with Crippen molar-refractivity contribution in [2.24, 2.45) is 0 Å². The maximum Gasteiger partial charge on any atom is 0.105 e. The molecule has 0 bridgehead atoms. The van der Waals surface area contributed by atoms with Gasteiger partial charge in [-0.2, -0.15) is 0 Å². The molecule has 0 radical (unpaired) electrons. The summed E-state index contributed by atoms with van der Waals surface area (Å²) in [4.78, 5) is 0. The number of aliphatic hydroxyl groups excluding tert-OH is 3. The van der Waals surface area contributed by atoms with Crippen LogP contribution in [0.5, 0.6) is 0 Å². The highest BCUT2D eigenvalue weighted by atomic mass is 16.5.